The van der Waals surface area contributed by atoms with Gasteiger partial charge in [0.1, 0.15) is 5.82 Å². The van der Waals surface area contributed by atoms with E-state index in [0.717, 1.165) is 5.56 Å². The maximum absolute atomic E-state index is 13.1. The van der Waals surface area contributed by atoms with Crippen molar-refractivity contribution in [2.75, 3.05) is 20.3 Å². The molecule has 1 saturated heterocycles. The quantitative estimate of drug-likeness (QED) is 0.862. The van der Waals surface area contributed by atoms with E-state index in [2.05, 4.69) is 10.6 Å². The summed E-state index contributed by atoms with van der Waals surface area (Å²) in [7, 11) is 1.82. The number of carbonyl (C=O) groups excluding carboxylic acids is 1. The second-order valence-electron chi connectivity index (χ2n) is 4.82. The lowest BCUT2D eigenvalue weighted by Gasteiger charge is -2.20. The van der Waals surface area contributed by atoms with Crippen molar-refractivity contribution in [3.63, 3.8) is 0 Å². The predicted molar refractivity (Wildman–Crippen MR) is 70.1 cm³/mol. The zero-order chi connectivity index (χ0) is 13.8. The normalized spacial score (nSPS) is 24.2. The molecule has 0 saturated carbocycles. The van der Waals surface area contributed by atoms with Crippen LogP contribution >= 0.6 is 0 Å². The molecule has 1 aliphatic heterocycles. The molecular formula is C14H19FN2O2. The van der Waals surface area contributed by atoms with Gasteiger partial charge in [-0.15, -0.1) is 0 Å². The molecule has 0 radical (unpaired) electrons. The van der Waals surface area contributed by atoms with E-state index in [1.807, 2.05) is 14.0 Å². The van der Waals surface area contributed by atoms with Gasteiger partial charge in [0.05, 0.1) is 25.2 Å². The van der Waals surface area contributed by atoms with Gasteiger partial charge in [0.25, 0.3) is 0 Å². The Hall–Kier alpha value is -1.46. The molecule has 3 atom stereocenters. The Bertz CT molecular complexity index is 453. The molecule has 0 bridgehead atoms. The minimum absolute atomic E-state index is 0.0414. The summed E-state index contributed by atoms with van der Waals surface area (Å²) >= 11 is 0. The molecule has 1 aromatic carbocycles. The lowest BCUT2D eigenvalue weighted by atomic mass is 10.0. The van der Waals surface area contributed by atoms with Gasteiger partial charge in [-0.05, 0) is 31.7 Å². The van der Waals surface area contributed by atoms with Crippen LogP contribution in [0.1, 0.15) is 18.5 Å². The molecule has 1 aromatic rings. The molecule has 19 heavy (non-hydrogen) atoms. The summed E-state index contributed by atoms with van der Waals surface area (Å²) < 4.78 is 18.4. The SMILES string of the molecule is CNC1COCC1C(=O)NC(C)c1cccc(F)c1. The Kier molecular flexibility index (Phi) is 4.50. The van der Waals surface area contributed by atoms with Gasteiger partial charge in [0, 0.05) is 6.04 Å². The van der Waals surface area contributed by atoms with Crippen LogP contribution in [0.15, 0.2) is 24.3 Å². The number of carbonyl (C=O) groups is 1. The maximum Gasteiger partial charge on any atom is 0.227 e. The van der Waals surface area contributed by atoms with Crippen LogP contribution in [0.2, 0.25) is 0 Å². The second-order valence-corrected chi connectivity index (χ2v) is 4.82. The van der Waals surface area contributed by atoms with Crippen LogP contribution in [0.4, 0.5) is 4.39 Å². The molecule has 1 amide bonds. The Balaban J connectivity index is 1.98. The van der Waals surface area contributed by atoms with E-state index in [4.69, 9.17) is 4.74 Å². The predicted octanol–water partition coefficient (Wildman–Crippen LogP) is 1.24. The number of nitrogens with one attached hydrogen (secondary N) is 2. The van der Waals surface area contributed by atoms with Crippen molar-refractivity contribution < 1.29 is 13.9 Å². The smallest absolute Gasteiger partial charge is 0.227 e. The van der Waals surface area contributed by atoms with Gasteiger partial charge in [0.15, 0.2) is 0 Å². The van der Waals surface area contributed by atoms with Crippen molar-refractivity contribution >= 4 is 5.91 Å². The minimum Gasteiger partial charge on any atom is -0.379 e. The van der Waals surface area contributed by atoms with E-state index < -0.39 is 0 Å². The van der Waals surface area contributed by atoms with Crippen LogP contribution < -0.4 is 10.6 Å². The molecule has 3 unspecified atom stereocenters. The number of hydrogen-bond acceptors (Lipinski definition) is 3. The zero-order valence-electron chi connectivity index (χ0n) is 11.2. The standard InChI is InChI=1S/C14H19FN2O2/c1-9(10-4-3-5-11(15)6-10)17-14(18)12-7-19-8-13(12)16-2/h3-6,9,12-13,16H,7-8H2,1-2H3,(H,17,18). The van der Waals surface area contributed by atoms with Crippen LogP contribution in [0, 0.1) is 11.7 Å². The van der Waals surface area contributed by atoms with Crippen LogP contribution in [-0.2, 0) is 9.53 Å². The number of halogens is 1. The Labute approximate surface area is 112 Å². The first-order valence-electron chi connectivity index (χ1n) is 6.42. The third kappa shape index (κ3) is 3.30. The first-order valence-corrected chi connectivity index (χ1v) is 6.42. The topological polar surface area (TPSA) is 50.4 Å². The van der Waals surface area contributed by atoms with Gasteiger partial charge in [-0.25, -0.2) is 4.39 Å². The summed E-state index contributed by atoms with van der Waals surface area (Å²) in [5.74, 6) is -0.550. The van der Waals surface area contributed by atoms with Gasteiger partial charge in [-0.2, -0.15) is 0 Å². The van der Waals surface area contributed by atoms with E-state index in [1.165, 1.54) is 12.1 Å². The van der Waals surface area contributed by atoms with Crippen LogP contribution in [0.5, 0.6) is 0 Å². The molecule has 5 heteroatoms. The van der Waals surface area contributed by atoms with E-state index in [1.54, 1.807) is 12.1 Å². The summed E-state index contributed by atoms with van der Waals surface area (Å²) in [6.45, 7) is 2.81. The summed E-state index contributed by atoms with van der Waals surface area (Å²) in [6.07, 6.45) is 0. The molecule has 104 valence electrons. The van der Waals surface area contributed by atoms with Gasteiger partial charge in [0.2, 0.25) is 5.91 Å². The monoisotopic (exact) mass is 266 g/mol. The summed E-state index contributed by atoms with van der Waals surface area (Å²) in [5.41, 5.74) is 0.758. The van der Waals surface area contributed by atoms with Crippen LogP contribution in [0.3, 0.4) is 0 Å². The highest BCUT2D eigenvalue weighted by Gasteiger charge is 2.33. The Morgan fingerprint density at radius 3 is 2.95 bits per heavy atom. The zero-order valence-corrected chi connectivity index (χ0v) is 11.2. The summed E-state index contributed by atoms with van der Waals surface area (Å²) in [6, 6.07) is 6.09. The van der Waals surface area contributed by atoms with E-state index >= 15 is 0 Å². The first-order chi connectivity index (χ1) is 9.11. The largest absolute Gasteiger partial charge is 0.379 e. The van der Waals surface area contributed by atoms with Gasteiger partial charge < -0.3 is 15.4 Å². The molecule has 4 nitrogen and oxygen atoms in total. The number of rotatable bonds is 4. The molecule has 1 fully saturated rings. The van der Waals surface area contributed by atoms with Crippen molar-refractivity contribution in [1.29, 1.82) is 0 Å². The fourth-order valence-electron chi connectivity index (χ4n) is 2.28. The lowest BCUT2D eigenvalue weighted by molar-refractivity contribution is -0.126. The van der Waals surface area contributed by atoms with Crippen molar-refractivity contribution in [2.24, 2.45) is 5.92 Å². The van der Waals surface area contributed by atoms with Crippen LogP contribution in [0.25, 0.3) is 0 Å². The van der Waals surface area contributed by atoms with Crippen LogP contribution in [-0.4, -0.2) is 32.2 Å². The first kappa shape index (κ1) is 14.0. The van der Waals surface area contributed by atoms with Crippen molar-refractivity contribution in [1.82, 2.24) is 10.6 Å². The highest BCUT2D eigenvalue weighted by molar-refractivity contribution is 5.80. The lowest BCUT2D eigenvalue weighted by Crippen LogP contribution is -2.43. The molecular weight excluding hydrogens is 247 g/mol. The molecule has 0 spiro atoms. The third-order valence-corrected chi connectivity index (χ3v) is 3.50. The molecule has 2 N–H and O–H groups in total. The third-order valence-electron chi connectivity index (χ3n) is 3.50. The fourth-order valence-corrected chi connectivity index (χ4v) is 2.28. The number of benzene rings is 1. The van der Waals surface area contributed by atoms with E-state index in [9.17, 15) is 9.18 Å². The Morgan fingerprint density at radius 1 is 1.47 bits per heavy atom. The van der Waals surface area contributed by atoms with Gasteiger partial charge in [-0.3, -0.25) is 4.79 Å². The highest BCUT2D eigenvalue weighted by atomic mass is 19.1. The molecule has 1 aliphatic rings. The maximum atomic E-state index is 13.1. The van der Waals surface area contributed by atoms with E-state index in [0.29, 0.717) is 13.2 Å². The number of ether oxygens (including phenoxy) is 1. The summed E-state index contributed by atoms with van der Waals surface area (Å²) in [4.78, 5) is 12.2. The second kappa shape index (κ2) is 6.12. The summed E-state index contributed by atoms with van der Waals surface area (Å²) in [5, 5.41) is 5.98. The average Bonchev–Trinajstić information content (AvgIpc) is 2.87. The molecule has 0 aromatic heterocycles. The van der Waals surface area contributed by atoms with Gasteiger partial charge in [-0.1, -0.05) is 12.1 Å². The number of hydrogen-bond donors (Lipinski definition) is 2. The molecule has 2 rings (SSSR count). The highest BCUT2D eigenvalue weighted by Crippen LogP contribution is 2.17. The number of likely N-dealkylation sites (N-methyl/N-ethyl adjacent to an activating group) is 1. The van der Waals surface area contributed by atoms with Gasteiger partial charge >= 0.3 is 0 Å². The minimum atomic E-state index is -0.295. The van der Waals surface area contributed by atoms with Crippen molar-refractivity contribution in [2.45, 2.75) is 19.0 Å². The van der Waals surface area contributed by atoms with Crippen molar-refractivity contribution in [3.8, 4) is 0 Å². The average molecular weight is 266 g/mol. The fraction of sp³-hybridized carbons (Fsp3) is 0.500. The Morgan fingerprint density at radius 2 is 2.26 bits per heavy atom. The van der Waals surface area contributed by atoms with Crippen molar-refractivity contribution in [3.05, 3.63) is 35.6 Å². The number of amides is 1. The molecule has 0 aliphatic carbocycles. The van der Waals surface area contributed by atoms with E-state index in [-0.39, 0.29) is 29.7 Å². The molecule has 1 heterocycles.